The first kappa shape index (κ1) is 10.7. The fraction of sp³-hybridized carbons (Fsp3) is 0.857. The van der Waals surface area contributed by atoms with Gasteiger partial charge in [-0.1, -0.05) is 13.3 Å². The van der Waals surface area contributed by atoms with Crippen LogP contribution in [0.1, 0.15) is 26.2 Å². The third-order valence-electron chi connectivity index (χ3n) is 1.43. The summed E-state index contributed by atoms with van der Waals surface area (Å²) in [4.78, 5) is 9.18. The van der Waals surface area contributed by atoms with E-state index >= 15 is 0 Å². The molecule has 0 aromatic carbocycles. The van der Waals surface area contributed by atoms with Crippen molar-refractivity contribution in [3.05, 3.63) is 0 Å². The Morgan fingerprint density at radius 3 is 2.64 bits per heavy atom. The lowest BCUT2D eigenvalue weighted by molar-refractivity contribution is 0.475. The first-order chi connectivity index (χ1) is 5.12. The van der Waals surface area contributed by atoms with E-state index in [1.807, 2.05) is 13.0 Å². The third kappa shape index (κ3) is 6.09. The van der Waals surface area contributed by atoms with Gasteiger partial charge in [-0.15, -0.1) is 0 Å². The zero-order chi connectivity index (χ0) is 8.74. The summed E-state index contributed by atoms with van der Waals surface area (Å²) in [6, 6.07) is 1.87. The minimum Gasteiger partial charge on any atom is -0.344 e. The molecule has 3 nitrogen and oxygen atoms in total. The molecule has 0 aliphatic rings. The second-order valence-electron chi connectivity index (χ2n) is 2.56. The number of hydrogen-bond donors (Lipinski definition) is 1. The van der Waals surface area contributed by atoms with Gasteiger partial charge in [0.2, 0.25) is 7.37 Å². The smallest absolute Gasteiger partial charge is 0.201 e. The highest BCUT2D eigenvalue weighted by molar-refractivity contribution is 7.57. The van der Waals surface area contributed by atoms with Crippen LogP contribution in [-0.2, 0) is 4.57 Å². The molecule has 1 atom stereocenters. The minimum atomic E-state index is -2.95. The molecule has 0 saturated carbocycles. The van der Waals surface area contributed by atoms with E-state index in [-0.39, 0.29) is 12.6 Å². The van der Waals surface area contributed by atoms with Crippen LogP contribution in [0.2, 0.25) is 0 Å². The summed E-state index contributed by atoms with van der Waals surface area (Å²) in [5.41, 5.74) is 0. The van der Waals surface area contributed by atoms with E-state index in [1.54, 1.807) is 0 Å². The van der Waals surface area contributed by atoms with Crippen LogP contribution in [0, 0.1) is 11.3 Å². The maximum atomic E-state index is 11.1. The van der Waals surface area contributed by atoms with Crippen molar-refractivity contribution in [1.82, 2.24) is 0 Å². The van der Waals surface area contributed by atoms with Gasteiger partial charge >= 0.3 is 0 Å². The maximum Gasteiger partial charge on any atom is 0.201 e. The molecule has 0 spiro atoms. The van der Waals surface area contributed by atoms with Crippen molar-refractivity contribution in [3.8, 4) is 6.07 Å². The van der Waals surface area contributed by atoms with Gasteiger partial charge in [0.15, 0.2) is 0 Å². The molecular weight excluding hydrogens is 161 g/mol. The monoisotopic (exact) mass is 175 g/mol. The first-order valence-corrected chi connectivity index (χ1v) is 5.83. The Morgan fingerprint density at radius 1 is 1.55 bits per heavy atom. The van der Waals surface area contributed by atoms with E-state index in [9.17, 15) is 9.46 Å². The largest absolute Gasteiger partial charge is 0.344 e. The summed E-state index contributed by atoms with van der Waals surface area (Å²) in [6.07, 6.45) is 2.42. The van der Waals surface area contributed by atoms with Crippen molar-refractivity contribution < 1.29 is 9.46 Å². The Kier molecular flexibility index (Phi) is 5.19. The predicted octanol–water partition coefficient (Wildman–Crippen LogP) is 1.97. The molecule has 0 saturated heterocycles. The van der Waals surface area contributed by atoms with Gasteiger partial charge in [-0.25, -0.2) is 0 Å². The lowest BCUT2D eigenvalue weighted by Gasteiger charge is -2.07. The molecule has 0 fully saturated rings. The molecule has 0 aliphatic carbocycles. The van der Waals surface area contributed by atoms with Crippen molar-refractivity contribution in [1.29, 1.82) is 5.26 Å². The fourth-order valence-corrected chi connectivity index (χ4v) is 2.23. The third-order valence-corrected chi connectivity index (χ3v) is 3.37. The molecule has 4 heteroatoms. The van der Waals surface area contributed by atoms with E-state index in [1.165, 1.54) is 0 Å². The highest BCUT2D eigenvalue weighted by Gasteiger charge is 2.15. The molecule has 0 rings (SSSR count). The minimum absolute atomic E-state index is 0.156. The highest BCUT2D eigenvalue weighted by atomic mass is 31.2. The van der Waals surface area contributed by atoms with Crippen molar-refractivity contribution >= 4 is 7.37 Å². The van der Waals surface area contributed by atoms with Crippen LogP contribution in [0.25, 0.3) is 0 Å². The molecule has 0 radical (unpaired) electrons. The van der Waals surface area contributed by atoms with Crippen LogP contribution < -0.4 is 0 Å². The first-order valence-electron chi connectivity index (χ1n) is 3.80. The summed E-state index contributed by atoms with van der Waals surface area (Å²) in [5.74, 6) is 0. The van der Waals surface area contributed by atoms with Gasteiger partial charge in [-0.05, 0) is 6.42 Å². The molecule has 11 heavy (non-hydrogen) atoms. The predicted molar refractivity (Wildman–Crippen MR) is 44.7 cm³/mol. The van der Waals surface area contributed by atoms with Gasteiger partial charge in [0, 0.05) is 18.7 Å². The van der Waals surface area contributed by atoms with E-state index in [0.29, 0.717) is 6.16 Å². The van der Waals surface area contributed by atoms with Crippen molar-refractivity contribution in [2.75, 3.05) is 12.3 Å². The summed E-state index contributed by atoms with van der Waals surface area (Å²) in [7, 11) is -2.95. The molecule has 0 aromatic rings. The second kappa shape index (κ2) is 5.35. The van der Waals surface area contributed by atoms with Gasteiger partial charge in [-0.2, -0.15) is 5.26 Å². The molecule has 0 amide bonds. The van der Waals surface area contributed by atoms with E-state index in [4.69, 9.17) is 5.26 Å². The number of rotatable bonds is 5. The average molecular weight is 175 g/mol. The fourth-order valence-electron chi connectivity index (χ4n) is 0.742. The lowest BCUT2D eigenvalue weighted by Crippen LogP contribution is -1.93. The Morgan fingerprint density at radius 2 is 2.18 bits per heavy atom. The Hall–Kier alpha value is -0.320. The zero-order valence-electron chi connectivity index (χ0n) is 6.79. The quantitative estimate of drug-likeness (QED) is 0.650. The van der Waals surface area contributed by atoms with Crippen LogP contribution in [0.3, 0.4) is 0 Å². The Labute approximate surface area is 67.5 Å². The number of hydrogen-bond acceptors (Lipinski definition) is 2. The molecule has 0 bridgehead atoms. The van der Waals surface area contributed by atoms with Gasteiger partial charge in [-0.3, -0.25) is 4.57 Å². The number of unbranched alkanes of at least 4 members (excludes halogenated alkanes) is 1. The topological polar surface area (TPSA) is 61.1 Å². The lowest BCUT2D eigenvalue weighted by atomic mass is 10.4. The van der Waals surface area contributed by atoms with Crippen molar-refractivity contribution in [3.63, 3.8) is 0 Å². The second-order valence-corrected chi connectivity index (χ2v) is 5.14. The van der Waals surface area contributed by atoms with E-state index < -0.39 is 7.37 Å². The summed E-state index contributed by atoms with van der Waals surface area (Å²) < 4.78 is 11.1. The van der Waals surface area contributed by atoms with Gasteiger partial charge < -0.3 is 4.89 Å². The van der Waals surface area contributed by atoms with Crippen molar-refractivity contribution in [2.45, 2.75) is 26.2 Å². The van der Waals surface area contributed by atoms with Crippen LogP contribution in [0.5, 0.6) is 0 Å². The SMILES string of the molecule is CCCCP(=O)(O)CCC#N. The standard InChI is InChI=1S/C7H14NO2P/c1-2-3-6-11(9,10)7-4-5-8/h2-4,6-7H2,1H3,(H,9,10). The maximum absolute atomic E-state index is 11.1. The Balaban J connectivity index is 3.64. The van der Waals surface area contributed by atoms with Crippen LogP contribution in [0.15, 0.2) is 0 Å². The molecule has 0 heterocycles. The van der Waals surface area contributed by atoms with Crippen LogP contribution >= 0.6 is 7.37 Å². The molecule has 0 aromatic heterocycles. The number of nitrogens with zero attached hydrogens (tertiary/aromatic N) is 1. The molecular formula is C7H14NO2P. The zero-order valence-corrected chi connectivity index (χ0v) is 7.68. The average Bonchev–Trinajstić information content (AvgIpc) is 1.97. The van der Waals surface area contributed by atoms with Gasteiger partial charge in [0.05, 0.1) is 6.07 Å². The molecule has 64 valence electrons. The van der Waals surface area contributed by atoms with E-state index in [2.05, 4.69) is 0 Å². The van der Waals surface area contributed by atoms with Crippen molar-refractivity contribution in [2.24, 2.45) is 0 Å². The van der Waals surface area contributed by atoms with Gasteiger partial charge in [0.1, 0.15) is 0 Å². The molecule has 1 unspecified atom stereocenters. The highest BCUT2D eigenvalue weighted by Crippen LogP contribution is 2.41. The summed E-state index contributed by atoms with van der Waals surface area (Å²) >= 11 is 0. The molecule has 0 aliphatic heterocycles. The Bertz CT molecular complexity index is 185. The van der Waals surface area contributed by atoms with Crippen LogP contribution in [0.4, 0.5) is 0 Å². The molecule has 1 N–H and O–H groups in total. The van der Waals surface area contributed by atoms with Gasteiger partial charge in [0.25, 0.3) is 0 Å². The summed E-state index contributed by atoms with van der Waals surface area (Å²) in [6.45, 7) is 1.98. The summed E-state index contributed by atoms with van der Waals surface area (Å²) in [5, 5.41) is 8.17. The van der Waals surface area contributed by atoms with Crippen LogP contribution in [-0.4, -0.2) is 17.2 Å². The number of nitriles is 1. The normalized spacial score (nSPS) is 15.4. The van der Waals surface area contributed by atoms with E-state index in [0.717, 1.165) is 12.8 Å².